The summed E-state index contributed by atoms with van der Waals surface area (Å²) in [6, 6.07) is 5.41. The van der Waals surface area contributed by atoms with Gasteiger partial charge in [0.15, 0.2) is 0 Å². The first-order chi connectivity index (χ1) is 9.38. The highest BCUT2D eigenvalue weighted by molar-refractivity contribution is 5.85. The Bertz CT molecular complexity index is 443. The number of nitrogens with two attached hydrogens (primary N) is 1. The first-order valence-corrected chi connectivity index (χ1v) is 6.84. The number of carbonyl (C=O) groups is 1. The van der Waals surface area contributed by atoms with Gasteiger partial charge >= 0.3 is 0 Å². The monoisotopic (exact) mass is 318 g/mol. The van der Waals surface area contributed by atoms with Crippen LogP contribution in [0.3, 0.4) is 0 Å². The molecule has 1 unspecified atom stereocenters. The van der Waals surface area contributed by atoms with Crippen LogP contribution >= 0.6 is 12.4 Å². The Hall–Kier alpha value is -1.33. The second-order valence-electron chi connectivity index (χ2n) is 5.37. The predicted octanol–water partition coefficient (Wildman–Crippen LogP) is 2.50. The fraction of sp³-hybridized carbons (Fsp3) is 0.533. The molecule has 1 aromatic carbocycles. The Morgan fingerprint density at radius 3 is 2.62 bits per heavy atom. The van der Waals surface area contributed by atoms with Gasteiger partial charge in [-0.3, -0.25) is 4.79 Å². The summed E-state index contributed by atoms with van der Waals surface area (Å²) in [7, 11) is 0. The highest BCUT2D eigenvalue weighted by atomic mass is 35.5. The fourth-order valence-corrected chi connectivity index (χ4v) is 1.80. The van der Waals surface area contributed by atoms with Gasteiger partial charge in [0.05, 0.1) is 12.6 Å². The number of nitrogens with one attached hydrogen (secondary N) is 1. The van der Waals surface area contributed by atoms with Crippen LogP contribution in [0.4, 0.5) is 4.39 Å². The van der Waals surface area contributed by atoms with Crippen LogP contribution in [-0.2, 0) is 4.79 Å². The van der Waals surface area contributed by atoms with E-state index in [9.17, 15) is 9.18 Å². The van der Waals surface area contributed by atoms with Crippen molar-refractivity contribution in [3.63, 3.8) is 0 Å². The number of rotatable bonds is 7. The van der Waals surface area contributed by atoms with Crippen molar-refractivity contribution in [3.05, 3.63) is 30.1 Å². The van der Waals surface area contributed by atoms with Gasteiger partial charge in [-0.05, 0) is 31.4 Å². The molecule has 120 valence electrons. The van der Waals surface area contributed by atoms with Gasteiger partial charge in [0.1, 0.15) is 17.7 Å². The van der Waals surface area contributed by atoms with Crippen molar-refractivity contribution in [2.24, 2.45) is 11.7 Å². The van der Waals surface area contributed by atoms with E-state index >= 15 is 0 Å². The van der Waals surface area contributed by atoms with E-state index in [2.05, 4.69) is 5.32 Å². The van der Waals surface area contributed by atoms with Crippen LogP contribution in [0.15, 0.2) is 24.3 Å². The summed E-state index contributed by atoms with van der Waals surface area (Å²) in [4.78, 5) is 11.7. The zero-order valence-corrected chi connectivity index (χ0v) is 13.5. The minimum Gasteiger partial charge on any atom is -0.489 e. The standard InChI is InChI=1S/C15H23FN2O2.ClH/c1-10(2)7-14(17)15(19)18-9-11(3)20-13-6-4-5-12(16)8-13;/h4-6,8,10-11,14H,7,9,17H2,1-3H3,(H,18,19);1H/t11?,14-;/m0./s1. The highest BCUT2D eigenvalue weighted by Crippen LogP contribution is 2.13. The maximum Gasteiger partial charge on any atom is 0.237 e. The summed E-state index contributed by atoms with van der Waals surface area (Å²) in [5, 5.41) is 2.74. The Kier molecular flexibility index (Phi) is 8.97. The largest absolute Gasteiger partial charge is 0.489 e. The molecule has 0 radical (unpaired) electrons. The Labute approximate surface area is 131 Å². The van der Waals surface area contributed by atoms with E-state index in [1.165, 1.54) is 12.1 Å². The van der Waals surface area contributed by atoms with Crippen LogP contribution < -0.4 is 15.8 Å². The maximum absolute atomic E-state index is 13.0. The van der Waals surface area contributed by atoms with Crippen molar-refractivity contribution in [1.82, 2.24) is 5.32 Å². The van der Waals surface area contributed by atoms with Gasteiger partial charge in [-0.15, -0.1) is 12.4 Å². The van der Waals surface area contributed by atoms with E-state index < -0.39 is 6.04 Å². The lowest BCUT2D eigenvalue weighted by Crippen LogP contribution is -2.44. The second kappa shape index (κ2) is 9.58. The van der Waals surface area contributed by atoms with Crippen molar-refractivity contribution in [2.45, 2.75) is 39.3 Å². The van der Waals surface area contributed by atoms with Gasteiger partial charge < -0.3 is 15.8 Å². The molecule has 1 rings (SSSR count). The van der Waals surface area contributed by atoms with E-state index in [0.717, 1.165) is 0 Å². The van der Waals surface area contributed by atoms with Gasteiger partial charge in [0, 0.05) is 6.07 Å². The topological polar surface area (TPSA) is 64.4 Å². The fourth-order valence-electron chi connectivity index (χ4n) is 1.80. The second-order valence-corrected chi connectivity index (χ2v) is 5.37. The van der Waals surface area contributed by atoms with E-state index in [0.29, 0.717) is 24.6 Å². The summed E-state index contributed by atoms with van der Waals surface area (Å²) in [6.45, 7) is 6.17. The number of hydrogen-bond acceptors (Lipinski definition) is 3. The molecule has 0 saturated heterocycles. The van der Waals surface area contributed by atoms with Crippen molar-refractivity contribution in [2.75, 3.05) is 6.54 Å². The molecule has 0 bridgehead atoms. The average Bonchev–Trinajstić information content (AvgIpc) is 2.35. The van der Waals surface area contributed by atoms with Gasteiger partial charge in [-0.1, -0.05) is 19.9 Å². The van der Waals surface area contributed by atoms with Crippen LogP contribution in [0, 0.1) is 11.7 Å². The number of halogens is 2. The number of amides is 1. The molecule has 4 nitrogen and oxygen atoms in total. The first kappa shape index (κ1) is 19.7. The number of carbonyl (C=O) groups excluding carboxylic acids is 1. The Morgan fingerprint density at radius 1 is 1.38 bits per heavy atom. The molecule has 3 N–H and O–H groups in total. The average molecular weight is 319 g/mol. The molecule has 6 heteroatoms. The van der Waals surface area contributed by atoms with E-state index in [-0.39, 0.29) is 30.2 Å². The van der Waals surface area contributed by atoms with Gasteiger partial charge in [0.25, 0.3) is 0 Å². The number of hydrogen-bond donors (Lipinski definition) is 2. The van der Waals surface area contributed by atoms with Gasteiger partial charge in [-0.25, -0.2) is 4.39 Å². The molecule has 2 atom stereocenters. The summed E-state index contributed by atoms with van der Waals surface area (Å²) in [5.41, 5.74) is 5.77. The molecule has 21 heavy (non-hydrogen) atoms. The van der Waals surface area contributed by atoms with Crippen molar-refractivity contribution in [3.8, 4) is 5.75 Å². The minimum atomic E-state index is -0.503. The third-order valence-corrected chi connectivity index (χ3v) is 2.76. The highest BCUT2D eigenvalue weighted by Gasteiger charge is 2.15. The quantitative estimate of drug-likeness (QED) is 0.812. The summed E-state index contributed by atoms with van der Waals surface area (Å²) < 4.78 is 18.5. The molecule has 1 amide bonds. The molecule has 0 spiro atoms. The van der Waals surface area contributed by atoms with Gasteiger partial charge in [-0.2, -0.15) is 0 Å². The number of ether oxygens (including phenoxy) is 1. The third-order valence-electron chi connectivity index (χ3n) is 2.76. The first-order valence-electron chi connectivity index (χ1n) is 6.84. The molecule has 1 aromatic rings. The van der Waals surface area contributed by atoms with Crippen LogP contribution in [0.1, 0.15) is 27.2 Å². The van der Waals surface area contributed by atoms with E-state index in [1.807, 2.05) is 13.8 Å². The van der Waals surface area contributed by atoms with E-state index in [4.69, 9.17) is 10.5 Å². The molecule has 0 aliphatic heterocycles. The molecule has 0 saturated carbocycles. The summed E-state index contributed by atoms with van der Waals surface area (Å²) >= 11 is 0. The molecular weight excluding hydrogens is 295 g/mol. The molecule has 0 heterocycles. The van der Waals surface area contributed by atoms with Crippen molar-refractivity contribution < 1.29 is 13.9 Å². The molecule has 0 aliphatic rings. The minimum absolute atomic E-state index is 0. The van der Waals surface area contributed by atoms with Crippen LogP contribution in [0.5, 0.6) is 5.75 Å². The van der Waals surface area contributed by atoms with Crippen LogP contribution in [-0.4, -0.2) is 24.6 Å². The van der Waals surface area contributed by atoms with E-state index in [1.54, 1.807) is 19.1 Å². The summed E-state index contributed by atoms with van der Waals surface area (Å²) in [5.74, 6) is 0.279. The lowest BCUT2D eigenvalue weighted by molar-refractivity contribution is -0.123. The predicted molar refractivity (Wildman–Crippen MR) is 84.2 cm³/mol. The molecule has 0 fully saturated rings. The smallest absolute Gasteiger partial charge is 0.237 e. The molecule has 0 aromatic heterocycles. The zero-order valence-electron chi connectivity index (χ0n) is 12.6. The zero-order chi connectivity index (χ0) is 15.1. The van der Waals surface area contributed by atoms with Crippen molar-refractivity contribution in [1.29, 1.82) is 0 Å². The normalized spacial score (nSPS) is 13.2. The molecular formula is C15H24ClFN2O2. The van der Waals surface area contributed by atoms with Crippen LogP contribution in [0.25, 0.3) is 0 Å². The maximum atomic E-state index is 13.0. The lowest BCUT2D eigenvalue weighted by atomic mass is 10.0. The number of benzene rings is 1. The van der Waals surface area contributed by atoms with Crippen molar-refractivity contribution >= 4 is 18.3 Å². The summed E-state index contributed by atoms with van der Waals surface area (Å²) in [6.07, 6.45) is 0.386. The van der Waals surface area contributed by atoms with Crippen LogP contribution in [0.2, 0.25) is 0 Å². The lowest BCUT2D eigenvalue weighted by Gasteiger charge is -2.18. The molecule has 0 aliphatic carbocycles. The SMILES string of the molecule is CC(C)C[C@H](N)C(=O)NCC(C)Oc1cccc(F)c1.Cl. The third kappa shape index (κ3) is 7.87. The van der Waals surface area contributed by atoms with Gasteiger partial charge in [0.2, 0.25) is 5.91 Å². The Balaban J connectivity index is 0.00000400. The Morgan fingerprint density at radius 2 is 2.05 bits per heavy atom.